The lowest BCUT2D eigenvalue weighted by atomic mass is 10.0. The second kappa shape index (κ2) is 10.2. The minimum Gasteiger partial charge on any atom is -0.457 e. The molecule has 1 unspecified atom stereocenters. The van der Waals surface area contributed by atoms with E-state index in [1.807, 2.05) is 66.2 Å². The molecule has 1 aliphatic carbocycles. The van der Waals surface area contributed by atoms with Gasteiger partial charge in [0.2, 0.25) is 11.8 Å². The standard InChI is InChI=1S/C31H28N6O3/c1-3-26(38)33-15-27(39)37-16-23-22(24(23)17-37)13-14-25-28(29-30(32)34-18-35-31(29)36(25)2)19-9-11-21(12-10-19)40-20-7-5-4-6-8-20/h3-12,18,22-24H,1,15-17H2,2H3,(H,33,38)(H2,32,34,35)/t22?,23-,24+. The van der Waals surface area contributed by atoms with E-state index in [1.54, 1.807) is 4.90 Å². The molecule has 3 atom stereocenters. The number of benzene rings is 2. The van der Waals surface area contributed by atoms with Crippen molar-refractivity contribution < 1.29 is 14.3 Å². The van der Waals surface area contributed by atoms with Crippen LogP contribution in [-0.2, 0) is 16.6 Å². The number of nitrogens with zero attached hydrogens (tertiary/aromatic N) is 4. The molecule has 2 aliphatic rings. The highest BCUT2D eigenvalue weighted by atomic mass is 16.5. The summed E-state index contributed by atoms with van der Waals surface area (Å²) in [5.74, 6) is 9.22. The van der Waals surface area contributed by atoms with Gasteiger partial charge in [-0.1, -0.05) is 42.8 Å². The van der Waals surface area contributed by atoms with Crippen molar-refractivity contribution in [3.8, 4) is 34.5 Å². The number of nitrogen functional groups attached to an aromatic ring is 1. The molecule has 0 spiro atoms. The molecule has 3 heterocycles. The third kappa shape index (κ3) is 4.64. The first-order valence-electron chi connectivity index (χ1n) is 13.1. The number of ether oxygens (including phenoxy) is 1. The fraction of sp³-hybridized carbons (Fsp3) is 0.226. The number of aromatic nitrogens is 3. The van der Waals surface area contributed by atoms with Crippen LogP contribution in [0.5, 0.6) is 11.5 Å². The third-order valence-electron chi connectivity index (χ3n) is 7.62. The van der Waals surface area contributed by atoms with Crippen LogP contribution >= 0.6 is 0 Å². The first kappa shape index (κ1) is 25.2. The molecule has 6 rings (SSSR count). The van der Waals surface area contributed by atoms with E-state index in [0.717, 1.165) is 39.8 Å². The van der Waals surface area contributed by atoms with E-state index in [1.165, 1.54) is 6.33 Å². The summed E-state index contributed by atoms with van der Waals surface area (Å²) in [6.07, 6.45) is 2.62. The number of rotatable bonds is 6. The number of carbonyl (C=O) groups is 2. The van der Waals surface area contributed by atoms with Crippen LogP contribution in [0.15, 0.2) is 73.6 Å². The predicted octanol–water partition coefficient (Wildman–Crippen LogP) is 3.37. The van der Waals surface area contributed by atoms with Crippen molar-refractivity contribution in [2.75, 3.05) is 25.4 Å². The highest BCUT2D eigenvalue weighted by molar-refractivity contribution is 6.03. The minimum atomic E-state index is -0.351. The number of piperidine rings is 1. The van der Waals surface area contributed by atoms with Gasteiger partial charge in [0.25, 0.3) is 0 Å². The SMILES string of the molecule is C=CC(=O)NCC(=O)N1C[C@@H]2C(C#Cc3c(-c4ccc(Oc5ccccc5)cc4)c4c(N)ncnc4n3C)[C@@H]2C1. The summed E-state index contributed by atoms with van der Waals surface area (Å²) in [7, 11) is 1.93. The Balaban J connectivity index is 1.24. The number of nitrogens with two attached hydrogens (primary N) is 1. The second-order valence-corrected chi connectivity index (χ2v) is 10.0. The van der Waals surface area contributed by atoms with Gasteiger partial charge in [0.1, 0.15) is 35.0 Å². The van der Waals surface area contributed by atoms with Gasteiger partial charge in [-0.25, -0.2) is 9.97 Å². The summed E-state index contributed by atoms with van der Waals surface area (Å²) in [6, 6.07) is 17.5. The lowest BCUT2D eigenvalue weighted by Gasteiger charge is -2.18. The predicted molar refractivity (Wildman–Crippen MR) is 152 cm³/mol. The van der Waals surface area contributed by atoms with Gasteiger partial charge in [0.05, 0.1) is 11.9 Å². The number of hydrogen-bond donors (Lipinski definition) is 2. The Hall–Kier alpha value is -5.10. The number of nitrogens with one attached hydrogen (secondary N) is 1. The molecule has 1 aliphatic heterocycles. The Bertz CT molecular complexity index is 1670. The highest BCUT2D eigenvalue weighted by Crippen LogP contribution is 2.51. The van der Waals surface area contributed by atoms with Crippen LogP contribution in [0, 0.1) is 29.6 Å². The lowest BCUT2D eigenvalue weighted by molar-refractivity contribution is -0.131. The van der Waals surface area contributed by atoms with Gasteiger partial charge in [-0.2, -0.15) is 0 Å². The summed E-state index contributed by atoms with van der Waals surface area (Å²) in [5.41, 5.74) is 9.68. The number of amides is 2. The molecule has 200 valence electrons. The van der Waals surface area contributed by atoms with E-state index >= 15 is 0 Å². The van der Waals surface area contributed by atoms with Gasteiger partial charge in [-0.3, -0.25) is 9.59 Å². The Kier molecular flexibility index (Phi) is 6.44. The van der Waals surface area contributed by atoms with Crippen LogP contribution in [0.1, 0.15) is 5.69 Å². The smallest absolute Gasteiger partial charge is 0.243 e. The summed E-state index contributed by atoms with van der Waals surface area (Å²) in [6.45, 7) is 4.69. The van der Waals surface area contributed by atoms with Crippen molar-refractivity contribution in [1.29, 1.82) is 0 Å². The molecular formula is C31H28N6O3. The molecule has 4 aromatic rings. The normalized spacial score (nSPS) is 18.9. The van der Waals surface area contributed by atoms with Crippen molar-refractivity contribution in [3.63, 3.8) is 0 Å². The van der Waals surface area contributed by atoms with Crippen molar-refractivity contribution in [2.24, 2.45) is 24.8 Å². The van der Waals surface area contributed by atoms with Gasteiger partial charge in [0, 0.05) is 31.6 Å². The van der Waals surface area contributed by atoms with E-state index in [0.29, 0.717) is 36.4 Å². The molecule has 1 saturated carbocycles. The number of likely N-dealkylation sites (tertiary alicyclic amines) is 1. The maximum absolute atomic E-state index is 12.4. The molecule has 2 aromatic heterocycles. The number of fused-ring (bicyclic) bond motifs is 2. The molecule has 2 fully saturated rings. The summed E-state index contributed by atoms with van der Waals surface area (Å²) in [5, 5.41) is 3.31. The zero-order chi connectivity index (χ0) is 27.8. The van der Waals surface area contributed by atoms with Gasteiger partial charge in [-0.15, -0.1) is 0 Å². The lowest BCUT2D eigenvalue weighted by Crippen LogP contribution is -2.39. The molecular weight excluding hydrogens is 504 g/mol. The van der Waals surface area contributed by atoms with E-state index in [4.69, 9.17) is 10.5 Å². The molecule has 2 amide bonds. The Labute approximate surface area is 231 Å². The summed E-state index contributed by atoms with van der Waals surface area (Å²) in [4.78, 5) is 34.3. The highest BCUT2D eigenvalue weighted by Gasteiger charge is 2.56. The third-order valence-corrected chi connectivity index (χ3v) is 7.62. The van der Waals surface area contributed by atoms with Crippen LogP contribution in [0.2, 0.25) is 0 Å². The number of para-hydroxylation sites is 1. The summed E-state index contributed by atoms with van der Waals surface area (Å²) < 4.78 is 7.93. The fourth-order valence-electron chi connectivity index (χ4n) is 5.46. The molecule has 3 N–H and O–H groups in total. The van der Waals surface area contributed by atoms with Gasteiger partial charge >= 0.3 is 0 Å². The molecule has 2 aromatic carbocycles. The van der Waals surface area contributed by atoms with E-state index in [2.05, 4.69) is 33.7 Å². The minimum absolute atomic E-state index is 0.0163. The van der Waals surface area contributed by atoms with E-state index < -0.39 is 0 Å². The van der Waals surface area contributed by atoms with Gasteiger partial charge in [0.15, 0.2) is 0 Å². The average Bonchev–Trinajstić information content (AvgIpc) is 3.27. The first-order chi connectivity index (χ1) is 19.4. The van der Waals surface area contributed by atoms with Crippen molar-refractivity contribution in [3.05, 3.63) is 79.3 Å². The number of anilines is 1. The zero-order valence-electron chi connectivity index (χ0n) is 22.0. The van der Waals surface area contributed by atoms with Gasteiger partial charge < -0.3 is 25.3 Å². The number of carbonyl (C=O) groups excluding carboxylic acids is 2. The molecule has 9 nitrogen and oxygen atoms in total. The molecule has 1 saturated heterocycles. The van der Waals surface area contributed by atoms with Crippen molar-refractivity contribution in [2.45, 2.75) is 0 Å². The number of aryl methyl sites for hydroxylation is 1. The topological polar surface area (TPSA) is 115 Å². The maximum Gasteiger partial charge on any atom is 0.243 e. The zero-order valence-corrected chi connectivity index (χ0v) is 22.0. The largest absolute Gasteiger partial charge is 0.457 e. The van der Waals surface area contributed by atoms with Gasteiger partial charge in [-0.05, 0) is 53.7 Å². The summed E-state index contributed by atoms with van der Waals surface area (Å²) >= 11 is 0. The average molecular weight is 533 g/mol. The van der Waals surface area contributed by atoms with Crippen LogP contribution < -0.4 is 15.8 Å². The number of hydrogen-bond acceptors (Lipinski definition) is 6. The second-order valence-electron chi connectivity index (χ2n) is 10.0. The fourth-order valence-corrected chi connectivity index (χ4v) is 5.46. The Morgan fingerprint density at radius 2 is 1.80 bits per heavy atom. The molecule has 40 heavy (non-hydrogen) atoms. The van der Waals surface area contributed by atoms with Crippen LogP contribution in [0.4, 0.5) is 5.82 Å². The van der Waals surface area contributed by atoms with Crippen molar-refractivity contribution in [1.82, 2.24) is 24.8 Å². The molecule has 0 bridgehead atoms. The van der Waals surface area contributed by atoms with Crippen LogP contribution in [0.25, 0.3) is 22.2 Å². The Morgan fingerprint density at radius 1 is 1.10 bits per heavy atom. The maximum atomic E-state index is 12.4. The first-order valence-corrected chi connectivity index (χ1v) is 13.1. The molecule has 9 heteroatoms. The van der Waals surface area contributed by atoms with Crippen molar-refractivity contribution >= 4 is 28.7 Å². The Morgan fingerprint density at radius 3 is 2.50 bits per heavy atom. The molecule has 0 radical (unpaired) electrons. The monoisotopic (exact) mass is 532 g/mol. The quantitative estimate of drug-likeness (QED) is 0.291. The van der Waals surface area contributed by atoms with E-state index in [9.17, 15) is 9.59 Å². The van der Waals surface area contributed by atoms with E-state index in [-0.39, 0.29) is 24.3 Å². The van der Waals surface area contributed by atoms with Crippen LogP contribution in [-0.4, -0.2) is 50.9 Å². The van der Waals surface area contributed by atoms with Crippen LogP contribution in [0.3, 0.4) is 0 Å².